The molecule has 0 aliphatic rings. The molecule has 2 aromatic rings. The molecule has 3 nitrogen and oxygen atoms in total. The number of aromatic nitrogens is 2. The van der Waals surface area contributed by atoms with E-state index in [2.05, 4.69) is 60.4 Å². The number of hydrogen-bond acceptors (Lipinski definition) is 3. The molecule has 2 heterocycles. The third-order valence-electron chi connectivity index (χ3n) is 3.26. The lowest BCUT2D eigenvalue weighted by molar-refractivity contribution is 0.573. The fraction of sp³-hybridized carbons (Fsp3) is 0.286. The van der Waals surface area contributed by atoms with Crippen molar-refractivity contribution in [2.75, 3.05) is 0 Å². The highest BCUT2D eigenvalue weighted by Gasteiger charge is 2.35. The van der Waals surface area contributed by atoms with Crippen LogP contribution in [0.3, 0.4) is 0 Å². The van der Waals surface area contributed by atoms with E-state index in [9.17, 15) is 0 Å². The lowest BCUT2D eigenvalue weighted by atomic mass is 10.5. The summed E-state index contributed by atoms with van der Waals surface area (Å²) >= 11 is 0. The molecule has 0 saturated heterocycles. The molecule has 2 rings (SSSR count). The fourth-order valence-corrected chi connectivity index (χ4v) is 10.2. The van der Waals surface area contributed by atoms with Crippen molar-refractivity contribution in [3.63, 3.8) is 0 Å². The largest absolute Gasteiger partial charge is 0.449 e. The molecule has 19 heavy (non-hydrogen) atoms. The van der Waals surface area contributed by atoms with Gasteiger partial charge >= 0.3 is 0 Å². The Hall–Kier alpha value is -1.31. The zero-order chi connectivity index (χ0) is 13.9. The van der Waals surface area contributed by atoms with Gasteiger partial charge in [-0.25, -0.2) is 0 Å². The van der Waals surface area contributed by atoms with Gasteiger partial charge in [-0.3, -0.25) is 9.97 Å². The van der Waals surface area contributed by atoms with Gasteiger partial charge in [0.15, 0.2) is 0 Å². The van der Waals surface area contributed by atoms with Gasteiger partial charge in [0, 0.05) is 24.8 Å². The molecule has 0 atom stereocenters. The molecule has 0 bridgehead atoms. The first-order valence-corrected chi connectivity index (χ1v) is 12.2. The molecular formula is C14H20N2OSi2. The van der Waals surface area contributed by atoms with Crippen molar-refractivity contribution in [1.29, 1.82) is 0 Å². The summed E-state index contributed by atoms with van der Waals surface area (Å²) in [5.74, 6) is 0. The molecule has 100 valence electrons. The standard InChI is InChI=1S/C14H20N2OSi2/c1-18(2,13-5-9-15-10-6-13)17-19(3,4)14-7-11-16-12-8-14/h5-12H,1-4H3. The van der Waals surface area contributed by atoms with E-state index in [1.807, 2.05) is 24.8 Å². The van der Waals surface area contributed by atoms with E-state index < -0.39 is 16.6 Å². The molecule has 0 spiro atoms. The van der Waals surface area contributed by atoms with Gasteiger partial charge in [-0.1, -0.05) is 0 Å². The Kier molecular flexibility index (Phi) is 3.98. The summed E-state index contributed by atoms with van der Waals surface area (Å²) in [5.41, 5.74) is 0. The van der Waals surface area contributed by atoms with Crippen LogP contribution in [0.1, 0.15) is 0 Å². The van der Waals surface area contributed by atoms with E-state index in [1.165, 1.54) is 10.4 Å². The Morgan fingerprint density at radius 3 is 1.32 bits per heavy atom. The van der Waals surface area contributed by atoms with E-state index in [-0.39, 0.29) is 0 Å². The van der Waals surface area contributed by atoms with Crippen LogP contribution >= 0.6 is 0 Å². The SMILES string of the molecule is C[Si](C)(O[Si](C)(C)c1ccncc1)c1ccncc1. The van der Waals surface area contributed by atoms with Crippen LogP contribution in [0.25, 0.3) is 0 Å². The van der Waals surface area contributed by atoms with Crippen molar-refractivity contribution in [1.82, 2.24) is 9.97 Å². The highest BCUT2D eigenvalue weighted by Crippen LogP contribution is 2.14. The molecule has 0 unspecified atom stereocenters. The molecule has 0 amide bonds. The van der Waals surface area contributed by atoms with Crippen LogP contribution in [0.2, 0.25) is 26.2 Å². The van der Waals surface area contributed by atoms with E-state index in [0.717, 1.165) is 0 Å². The Morgan fingerprint density at radius 2 is 1.00 bits per heavy atom. The summed E-state index contributed by atoms with van der Waals surface area (Å²) in [5, 5.41) is 2.58. The first-order chi connectivity index (χ1) is 8.92. The van der Waals surface area contributed by atoms with Gasteiger partial charge in [0.25, 0.3) is 0 Å². The van der Waals surface area contributed by atoms with E-state index in [0.29, 0.717) is 0 Å². The normalized spacial score (nSPS) is 12.4. The third kappa shape index (κ3) is 3.37. The lowest BCUT2D eigenvalue weighted by Gasteiger charge is -2.34. The van der Waals surface area contributed by atoms with Crippen LogP contribution in [0.5, 0.6) is 0 Å². The van der Waals surface area contributed by atoms with Crippen LogP contribution in [0, 0.1) is 0 Å². The van der Waals surface area contributed by atoms with Gasteiger partial charge in [-0.2, -0.15) is 0 Å². The van der Waals surface area contributed by atoms with Gasteiger partial charge in [0.2, 0.25) is 16.6 Å². The molecule has 0 aliphatic heterocycles. The van der Waals surface area contributed by atoms with E-state index >= 15 is 0 Å². The molecule has 0 aromatic carbocycles. The second kappa shape index (κ2) is 5.36. The minimum atomic E-state index is -1.90. The van der Waals surface area contributed by atoms with Crippen LogP contribution in [-0.2, 0) is 4.12 Å². The molecule has 0 fully saturated rings. The van der Waals surface area contributed by atoms with E-state index in [1.54, 1.807) is 0 Å². The summed E-state index contributed by atoms with van der Waals surface area (Å²) in [7, 11) is -3.79. The number of rotatable bonds is 4. The van der Waals surface area contributed by atoms with Crippen molar-refractivity contribution < 1.29 is 4.12 Å². The Balaban J connectivity index is 2.25. The quantitative estimate of drug-likeness (QED) is 0.807. The van der Waals surface area contributed by atoms with Crippen LogP contribution in [0.4, 0.5) is 0 Å². The lowest BCUT2D eigenvalue weighted by Crippen LogP contribution is -2.57. The van der Waals surface area contributed by atoms with Gasteiger partial charge in [0.1, 0.15) is 0 Å². The summed E-state index contributed by atoms with van der Waals surface area (Å²) in [6.45, 7) is 8.99. The van der Waals surface area contributed by atoms with Gasteiger partial charge in [-0.05, 0) is 60.8 Å². The molecule has 0 radical (unpaired) electrons. The van der Waals surface area contributed by atoms with Crippen molar-refractivity contribution >= 4 is 27.0 Å². The summed E-state index contributed by atoms with van der Waals surface area (Å²) in [6, 6.07) is 8.29. The second-order valence-corrected chi connectivity index (χ2v) is 13.6. The molecule has 0 N–H and O–H groups in total. The van der Waals surface area contributed by atoms with Gasteiger partial charge < -0.3 is 4.12 Å². The zero-order valence-corrected chi connectivity index (χ0v) is 13.9. The number of pyridine rings is 2. The van der Waals surface area contributed by atoms with Gasteiger partial charge in [0.05, 0.1) is 0 Å². The summed E-state index contributed by atoms with van der Waals surface area (Å²) in [4.78, 5) is 8.17. The highest BCUT2D eigenvalue weighted by atomic mass is 28.4. The third-order valence-corrected chi connectivity index (χ3v) is 10.8. The Labute approximate surface area is 117 Å². The number of nitrogens with zero attached hydrogens (tertiary/aromatic N) is 2. The van der Waals surface area contributed by atoms with Crippen LogP contribution in [-0.4, -0.2) is 26.6 Å². The highest BCUT2D eigenvalue weighted by molar-refractivity contribution is 6.96. The van der Waals surface area contributed by atoms with Crippen molar-refractivity contribution in [2.45, 2.75) is 26.2 Å². The Morgan fingerprint density at radius 1 is 0.684 bits per heavy atom. The Bertz CT molecular complexity index is 480. The average molecular weight is 288 g/mol. The summed E-state index contributed by atoms with van der Waals surface area (Å²) < 4.78 is 6.62. The minimum absolute atomic E-state index is 1.29. The molecule has 5 heteroatoms. The first kappa shape index (κ1) is 14.1. The van der Waals surface area contributed by atoms with Crippen molar-refractivity contribution in [2.24, 2.45) is 0 Å². The maximum absolute atomic E-state index is 6.62. The van der Waals surface area contributed by atoms with E-state index in [4.69, 9.17) is 4.12 Å². The first-order valence-electron chi connectivity index (χ1n) is 6.43. The smallest absolute Gasteiger partial charge is 0.206 e. The van der Waals surface area contributed by atoms with Crippen LogP contribution in [0.15, 0.2) is 49.1 Å². The van der Waals surface area contributed by atoms with Gasteiger partial charge in [-0.15, -0.1) is 0 Å². The van der Waals surface area contributed by atoms with Crippen LogP contribution < -0.4 is 10.4 Å². The maximum atomic E-state index is 6.62. The average Bonchev–Trinajstić information content (AvgIpc) is 2.40. The monoisotopic (exact) mass is 288 g/mol. The summed E-state index contributed by atoms with van der Waals surface area (Å²) in [6.07, 6.45) is 7.37. The zero-order valence-electron chi connectivity index (χ0n) is 11.9. The molecule has 0 saturated carbocycles. The number of hydrogen-bond donors (Lipinski definition) is 0. The molecule has 0 aliphatic carbocycles. The minimum Gasteiger partial charge on any atom is -0.449 e. The topological polar surface area (TPSA) is 35.0 Å². The predicted molar refractivity (Wildman–Crippen MR) is 83.8 cm³/mol. The fourth-order valence-electron chi connectivity index (χ4n) is 2.26. The molecule has 2 aromatic heterocycles. The maximum Gasteiger partial charge on any atom is 0.206 e. The van der Waals surface area contributed by atoms with Crippen molar-refractivity contribution in [3.8, 4) is 0 Å². The van der Waals surface area contributed by atoms with Crippen molar-refractivity contribution in [3.05, 3.63) is 49.1 Å². The predicted octanol–water partition coefficient (Wildman–Crippen LogP) is 2.02. The second-order valence-electron chi connectivity index (χ2n) is 5.59. The molecular weight excluding hydrogens is 268 g/mol.